The smallest absolute Gasteiger partial charge is 0.330 e. The highest BCUT2D eigenvalue weighted by Crippen LogP contribution is 2.22. The predicted octanol–water partition coefficient (Wildman–Crippen LogP) is 1.22. The van der Waals surface area contributed by atoms with Crippen LogP contribution in [0.25, 0.3) is 0 Å². The Morgan fingerprint density at radius 1 is 1.35 bits per heavy atom. The maximum absolute atomic E-state index is 11.1. The Bertz CT molecular complexity index is 363. The van der Waals surface area contributed by atoms with Crippen molar-refractivity contribution in [1.82, 2.24) is 0 Å². The highest BCUT2D eigenvalue weighted by atomic mass is 16.5. The minimum absolute atomic E-state index is 0. The fourth-order valence-corrected chi connectivity index (χ4v) is 1.38. The number of methoxy groups -OCH3 is 2. The van der Waals surface area contributed by atoms with Crippen LogP contribution in [0, 0.1) is 0 Å². The van der Waals surface area contributed by atoms with Gasteiger partial charge in [-0.2, -0.15) is 0 Å². The average molecular weight is 241 g/mol. The van der Waals surface area contributed by atoms with Gasteiger partial charge in [0.1, 0.15) is 5.75 Å². The number of benzene rings is 1. The van der Waals surface area contributed by atoms with Crippen LogP contribution in [-0.2, 0) is 15.1 Å². The fourth-order valence-electron chi connectivity index (χ4n) is 1.38. The predicted molar refractivity (Wildman–Crippen MR) is 65.1 cm³/mol. The van der Waals surface area contributed by atoms with E-state index in [-0.39, 0.29) is 14.0 Å². The summed E-state index contributed by atoms with van der Waals surface area (Å²) in [4.78, 5) is 11.1. The van der Waals surface area contributed by atoms with Crippen molar-refractivity contribution in [3.63, 3.8) is 0 Å². The average Bonchev–Trinajstić information content (AvgIpc) is 2.29. The zero-order chi connectivity index (χ0) is 12.2. The lowest BCUT2D eigenvalue weighted by Gasteiger charge is -2.24. The van der Waals surface area contributed by atoms with Gasteiger partial charge in [0.25, 0.3) is 0 Å². The van der Waals surface area contributed by atoms with Crippen molar-refractivity contribution in [3.8, 4) is 5.75 Å². The molecule has 0 aliphatic heterocycles. The van der Waals surface area contributed by atoms with E-state index in [1.807, 2.05) is 0 Å². The topological polar surface area (TPSA) is 81.8 Å². The fraction of sp³-hybridized carbons (Fsp3) is 0.417. The van der Waals surface area contributed by atoms with Crippen LogP contribution < -0.4 is 10.5 Å². The molecular formula is C12H19NO4. The Morgan fingerprint density at radius 2 is 1.88 bits per heavy atom. The van der Waals surface area contributed by atoms with Gasteiger partial charge in [0, 0.05) is 7.11 Å². The molecule has 0 amide bonds. The molecule has 0 saturated heterocycles. The van der Waals surface area contributed by atoms with Crippen molar-refractivity contribution in [1.29, 1.82) is 0 Å². The second kappa shape index (κ2) is 6.22. The molecule has 0 heterocycles. The zero-order valence-electron chi connectivity index (χ0n) is 9.27. The first kappa shape index (κ1) is 15.4. The lowest BCUT2D eigenvalue weighted by molar-refractivity contribution is -0.145. The summed E-state index contributed by atoms with van der Waals surface area (Å²) in [5.74, 6) is -0.478. The quantitative estimate of drug-likeness (QED) is 0.810. The third kappa shape index (κ3) is 3.18. The third-order valence-corrected chi connectivity index (χ3v) is 2.36. The van der Waals surface area contributed by atoms with Crippen LogP contribution in [0.15, 0.2) is 24.3 Å². The maximum Gasteiger partial charge on any atom is 0.330 e. The van der Waals surface area contributed by atoms with Crippen LogP contribution in [0.4, 0.5) is 0 Å². The number of carboxylic acid groups (broad SMARTS) is 1. The van der Waals surface area contributed by atoms with E-state index in [9.17, 15) is 4.79 Å². The summed E-state index contributed by atoms with van der Waals surface area (Å²) in [7, 11) is 2.95. The van der Waals surface area contributed by atoms with Crippen LogP contribution >= 0.6 is 0 Å². The van der Waals surface area contributed by atoms with Gasteiger partial charge in [0.2, 0.25) is 0 Å². The maximum atomic E-state index is 11.1. The molecule has 17 heavy (non-hydrogen) atoms. The van der Waals surface area contributed by atoms with E-state index >= 15 is 0 Å². The Kier molecular flexibility index (Phi) is 5.64. The van der Waals surface area contributed by atoms with Crippen molar-refractivity contribution in [2.75, 3.05) is 20.8 Å². The summed E-state index contributed by atoms with van der Waals surface area (Å²) in [5.41, 5.74) is 4.75. The van der Waals surface area contributed by atoms with E-state index in [1.165, 1.54) is 14.2 Å². The molecule has 1 aromatic rings. The molecular weight excluding hydrogens is 222 g/mol. The lowest BCUT2D eigenvalue weighted by atomic mass is 9.92. The zero-order valence-corrected chi connectivity index (χ0v) is 9.27. The minimum Gasteiger partial charge on any atom is -0.497 e. The molecule has 0 aliphatic carbocycles. The Labute approximate surface area is 101 Å². The molecule has 0 fully saturated rings. The van der Waals surface area contributed by atoms with Crippen LogP contribution in [0.5, 0.6) is 5.75 Å². The number of carboxylic acids is 1. The van der Waals surface area contributed by atoms with E-state index in [4.69, 9.17) is 20.3 Å². The monoisotopic (exact) mass is 241 g/mol. The minimum atomic E-state index is -1.53. The molecule has 0 spiro atoms. The van der Waals surface area contributed by atoms with E-state index in [0.29, 0.717) is 11.3 Å². The number of carbonyl (C=O) groups is 1. The first-order chi connectivity index (χ1) is 7.54. The summed E-state index contributed by atoms with van der Waals surface area (Å²) < 4.78 is 9.82. The molecule has 1 atom stereocenters. The first-order valence-corrected chi connectivity index (χ1v) is 4.70. The molecule has 5 nitrogen and oxygen atoms in total. The molecule has 96 valence electrons. The molecule has 0 saturated carbocycles. The van der Waals surface area contributed by atoms with Crippen LogP contribution in [-0.4, -0.2) is 31.9 Å². The van der Waals surface area contributed by atoms with Gasteiger partial charge in [-0.05, 0) is 17.7 Å². The Balaban J connectivity index is 0.00000256. The van der Waals surface area contributed by atoms with E-state index in [1.54, 1.807) is 24.3 Å². The first-order valence-electron chi connectivity index (χ1n) is 4.70. The lowest BCUT2D eigenvalue weighted by Crippen LogP contribution is -2.48. The van der Waals surface area contributed by atoms with Crippen molar-refractivity contribution in [2.24, 2.45) is 5.73 Å². The highest BCUT2D eigenvalue weighted by Gasteiger charge is 2.36. The van der Waals surface area contributed by atoms with E-state index in [0.717, 1.165) is 0 Å². The summed E-state index contributed by atoms with van der Waals surface area (Å²) in [6.07, 6.45) is 0. The summed E-state index contributed by atoms with van der Waals surface area (Å²) in [6, 6.07) is 6.56. The molecule has 3 N–H and O–H groups in total. The van der Waals surface area contributed by atoms with Gasteiger partial charge < -0.3 is 20.3 Å². The van der Waals surface area contributed by atoms with E-state index in [2.05, 4.69) is 0 Å². The summed E-state index contributed by atoms with van der Waals surface area (Å²) in [5, 5.41) is 9.11. The number of ether oxygens (including phenoxy) is 2. The molecule has 1 rings (SSSR count). The van der Waals surface area contributed by atoms with Crippen LogP contribution in [0.2, 0.25) is 0 Å². The van der Waals surface area contributed by atoms with Gasteiger partial charge in [-0.25, -0.2) is 4.79 Å². The van der Waals surface area contributed by atoms with E-state index < -0.39 is 11.5 Å². The van der Waals surface area contributed by atoms with Gasteiger partial charge in [-0.15, -0.1) is 0 Å². The largest absolute Gasteiger partial charge is 0.497 e. The molecule has 1 aromatic carbocycles. The molecule has 0 radical (unpaired) electrons. The third-order valence-electron chi connectivity index (χ3n) is 2.36. The number of nitrogens with two attached hydrogens (primary N) is 1. The normalized spacial score (nSPS) is 13.4. The highest BCUT2D eigenvalue weighted by molar-refractivity contribution is 5.80. The molecule has 0 bridgehead atoms. The van der Waals surface area contributed by atoms with Crippen molar-refractivity contribution >= 4 is 5.97 Å². The SMILES string of the molecule is C.COCC(N)(C(=O)O)c1ccc(OC)cc1. The van der Waals surface area contributed by atoms with Gasteiger partial charge >= 0.3 is 5.97 Å². The second-order valence-corrected chi connectivity index (χ2v) is 3.44. The number of hydrogen-bond acceptors (Lipinski definition) is 4. The van der Waals surface area contributed by atoms with Crippen molar-refractivity contribution in [2.45, 2.75) is 13.0 Å². The van der Waals surface area contributed by atoms with Crippen LogP contribution in [0.3, 0.4) is 0 Å². The van der Waals surface area contributed by atoms with Gasteiger partial charge in [0.15, 0.2) is 5.54 Å². The molecule has 1 unspecified atom stereocenters. The summed E-state index contributed by atoms with van der Waals surface area (Å²) >= 11 is 0. The summed E-state index contributed by atoms with van der Waals surface area (Å²) in [6.45, 7) is -0.0886. The second-order valence-electron chi connectivity index (χ2n) is 3.44. The number of rotatable bonds is 5. The number of hydrogen-bond donors (Lipinski definition) is 2. The Morgan fingerprint density at radius 3 is 2.24 bits per heavy atom. The van der Waals surface area contributed by atoms with Gasteiger partial charge in [0.05, 0.1) is 13.7 Å². The van der Waals surface area contributed by atoms with Crippen LogP contribution in [0.1, 0.15) is 13.0 Å². The van der Waals surface area contributed by atoms with Gasteiger partial charge in [-0.3, -0.25) is 0 Å². The standard InChI is InChI=1S/C11H15NO4.CH4/c1-15-7-11(12,10(13)14)8-3-5-9(16-2)6-4-8;/h3-6H,7,12H2,1-2H3,(H,13,14);1H4. The molecule has 5 heteroatoms. The van der Waals surface area contributed by atoms with Crippen molar-refractivity contribution in [3.05, 3.63) is 29.8 Å². The Hall–Kier alpha value is -1.59. The number of aliphatic carboxylic acids is 1. The molecule has 0 aliphatic rings. The molecule has 0 aromatic heterocycles. The van der Waals surface area contributed by atoms with Gasteiger partial charge in [-0.1, -0.05) is 19.6 Å². The van der Waals surface area contributed by atoms with Crippen molar-refractivity contribution < 1.29 is 19.4 Å².